The lowest BCUT2D eigenvalue weighted by molar-refractivity contribution is 0.112. The molecule has 0 radical (unpaired) electrons. The monoisotopic (exact) mass is 343 g/mol. The zero-order valence-corrected chi connectivity index (χ0v) is 14.8. The highest BCUT2D eigenvalue weighted by Crippen LogP contribution is 2.37. The van der Waals surface area contributed by atoms with Gasteiger partial charge in [0.2, 0.25) is 0 Å². The molecule has 24 heavy (non-hydrogen) atoms. The molecule has 0 spiro atoms. The molecule has 0 unspecified atom stereocenters. The molecule has 0 N–H and O–H groups in total. The van der Waals surface area contributed by atoms with E-state index in [1.807, 2.05) is 24.3 Å². The summed E-state index contributed by atoms with van der Waals surface area (Å²) in [4.78, 5) is 13.3. The predicted octanol–water partition coefficient (Wildman–Crippen LogP) is 4.20. The first kappa shape index (κ1) is 18.2. The van der Waals surface area contributed by atoms with E-state index in [0.717, 1.165) is 36.1 Å². The lowest BCUT2D eigenvalue weighted by Gasteiger charge is -2.12. The SMILES string of the molecule is CN(C)CCC=C1c2ccccc2COc2ccc(C=O)cc21.Cl. The van der Waals surface area contributed by atoms with Crippen molar-refractivity contribution in [1.29, 1.82) is 0 Å². The first-order chi connectivity index (χ1) is 11.2. The number of hydrogen-bond donors (Lipinski definition) is 0. The summed E-state index contributed by atoms with van der Waals surface area (Å²) < 4.78 is 5.96. The molecule has 0 saturated heterocycles. The summed E-state index contributed by atoms with van der Waals surface area (Å²) in [5, 5.41) is 0. The van der Waals surface area contributed by atoms with Crippen LogP contribution in [0.1, 0.15) is 33.5 Å². The van der Waals surface area contributed by atoms with Crippen molar-refractivity contribution in [3.05, 3.63) is 70.8 Å². The first-order valence-electron chi connectivity index (χ1n) is 7.84. The Hall–Kier alpha value is -2.10. The molecule has 0 atom stereocenters. The van der Waals surface area contributed by atoms with Crippen molar-refractivity contribution < 1.29 is 9.53 Å². The first-order valence-corrected chi connectivity index (χ1v) is 7.84. The highest BCUT2D eigenvalue weighted by molar-refractivity contribution is 5.88. The van der Waals surface area contributed by atoms with Gasteiger partial charge in [-0.05, 0) is 55.4 Å². The second kappa shape index (κ2) is 8.13. The Balaban J connectivity index is 0.00000208. The molecule has 0 aromatic heterocycles. The van der Waals surface area contributed by atoms with Crippen molar-refractivity contribution in [2.75, 3.05) is 20.6 Å². The minimum Gasteiger partial charge on any atom is -0.488 e. The van der Waals surface area contributed by atoms with Crippen LogP contribution >= 0.6 is 12.4 Å². The average molecular weight is 344 g/mol. The van der Waals surface area contributed by atoms with E-state index >= 15 is 0 Å². The summed E-state index contributed by atoms with van der Waals surface area (Å²) in [5.74, 6) is 0.836. The summed E-state index contributed by atoms with van der Waals surface area (Å²) in [6.07, 6.45) is 4.08. The maximum Gasteiger partial charge on any atom is 0.150 e. The van der Waals surface area contributed by atoms with Gasteiger partial charge in [0.05, 0.1) is 0 Å². The number of nitrogens with zero attached hydrogens (tertiary/aromatic N) is 1. The number of hydrogen-bond acceptors (Lipinski definition) is 3. The Labute approximate surface area is 149 Å². The maximum absolute atomic E-state index is 11.2. The standard InChI is InChI=1S/C20H21NO2.ClH/c1-21(2)11-5-8-18-17-7-4-3-6-16(17)14-23-20-10-9-15(13-22)12-19(18)20;/h3-4,6-10,12-13H,5,11,14H2,1-2H3;1H. The van der Waals surface area contributed by atoms with Crippen LogP contribution in [0.4, 0.5) is 0 Å². The van der Waals surface area contributed by atoms with Gasteiger partial charge in [-0.3, -0.25) is 4.79 Å². The molecule has 4 heteroatoms. The predicted molar refractivity (Wildman–Crippen MR) is 100 cm³/mol. The van der Waals surface area contributed by atoms with Crippen molar-refractivity contribution in [3.8, 4) is 5.75 Å². The van der Waals surface area contributed by atoms with Crippen molar-refractivity contribution >= 4 is 24.3 Å². The normalized spacial score (nSPS) is 14.2. The van der Waals surface area contributed by atoms with Gasteiger partial charge in [-0.1, -0.05) is 30.3 Å². The Kier molecular flexibility index (Phi) is 6.18. The molecular weight excluding hydrogens is 322 g/mol. The van der Waals surface area contributed by atoms with Gasteiger partial charge in [0.25, 0.3) is 0 Å². The van der Waals surface area contributed by atoms with Gasteiger partial charge < -0.3 is 9.64 Å². The highest BCUT2D eigenvalue weighted by atomic mass is 35.5. The number of benzene rings is 2. The number of rotatable bonds is 4. The van der Waals surface area contributed by atoms with Crippen LogP contribution in [0.3, 0.4) is 0 Å². The largest absolute Gasteiger partial charge is 0.488 e. The molecule has 1 aliphatic rings. The molecular formula is C20H22ClNO2. The van der Waals surface area contributed by atoms with E-state index in [4.69, 9.17) is 4.74 Å². The van der Waals surface area contributed by atoms with E-state index in [1.54, 1.807) is 6.07 Å². The van der Waals surface area contributed by atoms with E-state index in [9.17, 15) is 4.79 Å². The van der Waals surface area contributed by atoms with Gasteiger partial charge in [0.15, 0.2) is 0 Å². The number of carbonyl (C=O) groups is 1. The Morgan fingerprint density at radius 1 is 1.12 bits per heavy atom. The van der Waals surface area contributed by atoms with Gasteiger partial charge in [-0.2, -0.15) is 0 Å². The number of ether oxygens (including phenoxy) is 1. The van der Waals surface area contributed by atoms with E-state index in [2.05, 4.69) is 37.2 Å². The lowest BCUT2D eigenvalue weighted by atomic mass is 9.92. The number of carbonyl (C=O) groups excluding carboxylic acids is 1. The van der Waals surface area contributed by atoms with E-state index in [-0.39, 0.29) is 12.4 Å². The summed E-state index contributed by atoms with van der Waals surface area (Å²) in [6, 6.07) is 13.9. The van der Waals surface area contributed by atoms with Crippen LogP contribution in [0.25, 0.3) is 5.57 Å². The second-order valence-corrected chi connectivity index (χ2v) is 6.03. The van der Waals surface area contributed by atoms with Gasteiger partial charge in [0.1, 0.15) is 18.6 Å². The van der Waals surface area contributed by atoms with Crippen molar-refractivity contribution in [3.63, 3.8) is 0 Å². The van der Waals surface area contributed by atoms with Crippen LogP contribution in [0, 0.1) is 0 Å². The fourth-order valence-corrected chi connectivity index (χ4v) is 2.85. The molecule has 1 aliphatic heterocycles. The third kappa shape index (κ3) is 3.86. The van der Waals surface area contributed by atoms with Crippen molar-refractivity contribution in [2.45, 2.75) is 13.0 Å². The Bertz CT molecular complexity index is 753. The molecule has 2 aromatic carbocycles. The van der Waals surface area contributed by atoms with Crippen LogP contribution in [-0.2, 0) is 6.61 Å². The summed E-state index contributed by atoms with van der Waals surface area (Å²) in [6.45, 7) is 1.53. The van der Waals surface area contributed by atoms with Crippen LogP contribution in [0.2, 0.25) is 0 Å². The van der Waals surface area contributed by atoms with Gasteiger partial charge in [-0.15, -0.1) is 12.4 Å². The lowest BCUT2D eigenvalue weighted by Crippen LogP contribution is -2.12. The van der Waals surface area contributed by atoms with E-state index in [1.165, 1.54) is 11.1 Å². The molecule has 0 amide bonds. The quantitative estimate of drug-likeness (QED) is 0.779. The Morgan fingerprint density at radius 3 is 2.67 bits per heavy atom. The molecule has 3 nitrogen and oxygen atoms in total. The third-order valence-corrected chi connectivity index (χ3v) is 4.05. The van der Waals surface area contributed by atoms with Gasteiger partial charge in [-0.25, -0.2) is 0 Å². The van der Waals surface area contributed by atoms with E-state index < -0.39 is 0 Å². The minimum absolute atomic E-state index is 0. The Morgan fingerprint density at radius 2 is 1.92 bits per heavy atom. The van der Waals surface area contributed by atoms with Crippen molar-refractivity contribution in [2.24, 2.45) is 0 Å². The zero-order chi connectivity index (χ0) is 16.2. The summed E-state index contributed by atoms with van der Waals surface area (Å²) >= 11 is 0. The van der Waals surface area contributed by atoms with Gasteiger partial charge in [0, 0.05) is 17.7 Å². The fourth-order valence-electron chi connectivity index (χ4n) is 2.85. The van der Waals surface area contributed by atoms with Crippen LogP contribution < -0.4 is 4.74 Å². The molecule has 0 saturated carbocycles. The van der Waals surface area contributed by atoms with Crippen LogP contribution in [-0.4, -0.2) is 31.8 Å². The molecule has 0 bridgehead atoms. The van der Waals surface area contributed by atoms with Crippen LogP contribution in [0.15, 0.2) is 48.5 Å². The summed E-state index contributed by atoms with van der Waals surface area (Å²) in [5.41, 5.74) is 5.18. The zero-order valence-electron chi connectivity index (χ0n) is 14.0. The van der Waals surface area contributed by atoms with Crippen molar-refractivity contribution in [1.82, 2.24) is 4.90 Å². The maximum atomic E-state index is 11.2. The second-order valence-electron chi connectivity index (χ2n) is 6.03. The highest BCUT2D eigenvalue weighted by Gasteiger charge is 2.19. The number of aldehydes is 1. The molecule has 1 heterocycles. The van der Waals surface area contributed by atoms with Crippen LogP contribution in [0.5, 0.6) is 5.75 Å². The molecule has 0 fully saturated rings. The number of fused-ring (bicyclic) bond motifs is 2. The van der Waals surface area contributed by atoms with E-state index in [0.29, 0.717) is 12.2 Å². The third-order valence-electron chi connectivity index (χ3n) is 4.05. The number of halogens is 1. The summed E-state index contributed by atoms with van der Waals surface area (Å²) in [7, 11) is 4.14. The fraction of sp³-hybridized carbons (Fsp3) is 0.250. The average Bonchev–Trinajstić information content (AvgIpc) is 2.71. The minimum atomic E-state index is 0. The van der Waals surface area contributed by atoms with Gasteiger partial charge >= 0.3 is 0 Å². The molecule has 3 rings (SSSR count). The smallest absolute Gasteiger partial charge is 0.150 e. The molecule has 0 aliphatic carbocycles. The molecule has 126 valence electrons. The topological polar surface area (TPSA) is 29.5 Å². The molecule has 2 aromatic rings.